The Morgan fingerprint density at radius 1 is 1.35 bits per heavy atom. The van der Waals surface area contributed by atoms with Gasteiger partial charge in [-0.2, -0.15) is 9.47 Å². The fraction of sp³-hybridized carbons (Fsp3) is 0.600. The SMILES string of the molecule is COCc1nsc(NCC2CN(c3cc4c(nn3)CCC4)C2)n1. The highest BCUT2D eigenvalue weighted by molar-refractivity contribution is 7.09. The van der Waals surface area contributed by atoms with Crippen LogP contribution in [0.1, 0.15) is 23.5 Å². The highest BCUT2D eigenvalue weighted by Gasteiger charge is 2.29. The van der Waals surface area contributed by atoms with E-state index in [1.807, 2.05) is 0 Å². The number of ether oxygens (including phenoxy) is 1. The summed E-state index contributed by atoms with van der Waals surface area (Å²) in [6.07, 6.45) is 3.45. The number of methoxy groups -OCH3 is 1. The van der Waals surface area contributed by atoms with E-state index in [4.69, 9.17) is 4.74 Å². The second kappa shape index (κ2) is 6.37. The van der Waals surface area contributed by atoms with Gasteiger partial charge in [0, 0.05) is 44.2 Å². The summed E-state index contributed by atoms with van der Waals surface area (Å²) < 4.78 is 9.27. The summed E-state index contributed by atoms with van der Waals surface area (Å²) in [4.78, 5) is 6.68. The fourth-order valence-corrected chi connectivity index (χ4v) is 3.68. The summed E-state index contributed by atoms with van der Waals surface area (Å²) in [7, 11) is 1.65. The van der Waals surface area contributed by atoms with Crippen molar-refractivity contribution >= 4 is 22.5 Å². The van der Waals surface area contributed by atoms with Crippen LogP contribution in [0.15, 0.2) is 6.07 Å². The van der Waals surface area contributed by atoms with Crippen LogP contribution in [0.25, 0.3) is 0 Å². The zero-order valence-electron chi connectivity index (χ0n) is 13.2. The van der Waals surface area contributed by atoms with Gasteiger partial charge in [-0.05, 0) is 30.9 Å². The molecule has 0 saturated carbocycles. The second-order valence-electron chi connectivity index (χ2n) is 6.13. The molecule has 1 aliphatic heterocycles. The van der Waals surface area contributed by atoms with Crippen molar-refractivity contribution in [1.29, 1.82) is 0 Å². The Hall–Kier alpha value is -1.80. The Bertz CT molecular complexity index is 684. The summed E-state index contributed by atoms with van der Waals surface area (Å²) >= 11 is 1.39. The van der Waals surface area contributed by atoms with Crippen LogP contribution < -0.4 is 10.2 Å². The summed E-state index contributed by atoms with van der Waals surface area (Å²) in [6.45, 7) is 3.41. The lowest BCUT2D eigenvalue weighted by molar-refractivity contribution is 0.179. The highest BCUT2D eigenvalue weighted by atomic mass is 32.1. The van der Waals surface area contributed by atoms with Gasteiger partial charge in [0.2, 0.25) is 5.13 Å². The molecule has 2 aromatic rings. The van der Waals surface area contributed by atoms with Gasteiger partial charge < -0.3 is 15.0 Å². The Balaban J connectivity index is 1.26. The van der Waals surface area contributed by atoms with Crippen molar-refractivity contribution in [1.82, 2.24) is 19.6 Å². The van der Waals surface area contributed by atoms with E-state index in [0.717, 1.165) is 49.2 Å². The number of nitrogens with zero attached hydrogens (tertiary/aromatic N) is 5. The molecule has 1 aliphatic carbocycles. The first-order valence-electron chi connectivity index (χ1n) is 7.97. The molecule has 0 unspecified atom stereocenters. The molecule has 7 nitrogen and oxygen atoms in total. The molecule has 2 aromatic heterocycles. The van der Waals surface area contributed by atoms with Crippen molar-refractivity contribution in [2.24, 2.45) is 5.92 Å². The van der Waals surface area contributed by atoms with Crippen LogP contribution in [0.3, 0.4) is 0 Å². The average Bonchev–Trinajstić information content (AvgIpc) is 3.14. The van der Waals surface area contributed by atoms with Gasteiger partial charge in [0.15, 0.2) is 11.6 Å². The van der Waals surface area contributed by atoms with Gasteiger partial charge in [0.1, 0.15) is 6.61 Å². The number of rotatable bonds is 6. The molecule has 1 saturated heterocycles. The molecular formula is C15H20N6OS. The maximum atomic E-state index is 5.03. The molecule has 0 bridgehead atoms. The normalized spacial score (nSPS) is 17.2. The van der Waals surface area contributed by atoms with Crippen molar-refractivity contribution < 1.29 is 4.74 Å². The molecule has 122 valence electrons. The van der Waals surface area contributed by atoms with E-state index in [2.05, 4.69) is 35.8 Å². The molecule has 0 radical (unpaired) electrons. The van der Waals surface area contributed by atoms with Gasteiger partial charge in [0.05, 0.1) is 5.69 Å². The highest BCUT2D eigenvalue weighted by Crippen LogP contribution is 2.27. The number of fused-ring (bicyclic) bond motifs is 1. The zero-order valence-corrected chi connectivity index (χ0v) is 14.0. The van der Waals surface area contributed by atoms with E-state index in [-0.39, 0.29) is 0 Å². The van der Waals surface area contributed by atoms with Crippen LogP contribution in [0.2, 0.25) is 0 Å². The summed E-state index contributed by atoms with van der Waals surface area (Å²) in [5, 5.41) is 13.0. The quantitative estimate of drug-likeness (QED) is 0.859. The minimum Gasteiger partial charge on any atom is -0.377 e. The van der Waals surface area contributed by atoms with Crippen LogP contribution in [-0.2, 0) is 24.2 Å². The van der Waals surface area contributed by atoms with E-state index < -0.39 is 0 Å². The fourth-order valence-electron chi connectivity index (χ4n) is 3.10. The van der Waals surface area contributed by atoms with Gasteiger partial charge in [-0.3, -0.25) is 0 Å². The predicted octanol–water partition coefficient (Wildman–Crippen LogP) is 1.51. The van der Waals surface area contributed by atoms with E-state index in [9.17, 15) is 0 Å². The number of hydrogen-bond acceptors (Lipinski definition) is 8. The number of aromatic nitrogens is 4. The summed E-state index contributed by atoms with van der Waals surface area (Å²) in [5.41, 5.74) is 2.58. The molecule has 0 amide bonds. The number of hydrogen-bond donors (Lipinski definition) is 1. The lowest BCUT2D eigenvalue weighted by Gasteiger charge is -2.40. The smallest absolute Gasteiger partial charge is 0.202 e. The first kappa shape index (κ1) is 14.8. The van der Waals surface area contributed by atoms with Crippen LogP contribution >= 0.6 is 11.5 Å². The average molecular weight is 332 g/mol. The van der Waals surface area contributed by atoms with Gasteiger partial charge in [-0.25, -0.2) is 4.98 Å². The summed E-state index contributed by atoms with van der Waals surface area (Å²) in [5.74, 6) is 2.38. The molecule has 3 heterocycles. The van der Waals surface area contributed by atoms with Crippen LogP contribution in [0.4, 0.5) is 10.9 Å². The monoisotopic (exact) mass is 332 g/mol. The molecule has 4 rings (SSSR count). The van der Waals surface area contributed by atoms with Crippen molar-refractivity contribution in [2.45, 2.75) is 25.9 Å². The van der Waals surface area contributed by atoms with E-state index >= 15 is 0 Å². The third-order valence-electron chi connectivity index (χ3n) is 4.37. The lowest BCUT2D eigenvalue weighted by atomic mass is 10.00. The third-order valence-corrected chi connectivity index (χ3v) is 5.08. The molecule has 2 aliphatic rings. The molecule has 0 spiro atoms. The maximum Gasteiger partial charge on any atom is 0.202 e. The minimum atomic E-state index is 0.465. The zero-order chi connectivity index (χ0) is 15.6. The van der Waals surface area contributed by atoms with Crippen molar-refractivity contribution in [3.05, 3.63) is 23.1 Å². The van der Waals surface area contributed by atoms with Crippen molar-refractivity contribution in [3.63, 3.8) is 0 Å². The van der Waals surface area contributed by atoms with Crippen LogP contribution in [0, 0.1) is 5.92 Å². The predicted molar refractivity (Wildman–Crippen MR) is 88.9 cm³/mol. The summed E-state index contributed by atoms with van der Waals surface area (Å²) in [6, 6.07) is 2.22. The third kappa shape index (κ3) is 3.13. The maximum absolute atomic E-state index is 5.03. The van der Waals surface area contributed by atoms with Crippen LogP contribution in [0.5, 0.6) is 0 Å². The van der Waals surface area contributed by atoms with Gasteiger partial charge in [-0.1, -0.05) is 0 Å². The number of nitrogens with one attached hydrogen (secondary N) is 1. The van der Waals surface area contributed by atoms with Crippen molar-refractivity contribution in [3.8, 4) is 0 Å². The standard InChI is InChI=1S/C15H20N6OS/c1-22-9-13-17-15(23-20-13)16-6-10-7-21(8-10)14-5-11-3-2-4-12(11)18-19-14/h5,10H,2-4,6-9H2,1H3,(H,16,17,20). The molecule has 23 heavy (non-hydrogen) atoms. The number of aryl methyl sites for hydroxylation is 2. The van der Waals surface area contributed by atoms with E-state index in [1.165, 1.54) is 29.2 Å². The molecule has 1 fully saturated rings. The molecular weight excluding hydrogens is 312 g/mol. The van der Waals surface area contributed by atoms with Crippen LogP contribution in [-0.4, -0.2) is 46.3 Å². The topological polar surface area (TPSA) is 76.1 Å². The van der Waals surface area contributed by atoms with Gasteiger partial charge in [0.25, 0.3) is 0 Å². The van der Waals surface area contributed by atoms with Gasteiger partial charge >= 0.3 is 0 Å². The van der Waals surface area contributed by atoms with E-state index in [1.54, 1.807) is 7.11 Å². The largest absolute Gasteiger partial charge is 0.377 e. The molecule has 8 heteroatoms. The molecule has 0 atom stereocenters. The number of anilines is 2. The Labute approximate surface area is 139 Å². The van der Waals surface area contributed by atoms with Gasteiger partial charge in [-0.15, -0.1) is 5.10 Å². The van der Waals surface area contributed by atoms with E-state index in [0.29, 0.717) is 12.5 Å². The lowest BCUT2D eigenvalue weighted by Crippen LogP contribution is -2.50. The first-order valence-corrected chi connectivity index (χ1v) is 8.75. The Kier molecular flexibility index (Phi) is 4.09. The Morgan fingerprint density at radius 3 is 3.13 bits per heavy atom. The minimum absolute atomic E-state index is 0.465. The first-order chi connectivity index (χ1) is 11.3. The Morgan fingerprint density at radius 2 is 2.26 bits per heavy atom. The molecule has 1 N–H and O–H groups in total. The molecule has 0 aromatic carbocycles. The van der Waals surface area contributed by atoms with Crippen molar-refractivity contribution in [2.75, 3.05) is 37.0 Å². The second-order valence-corrected chi connectivity index (χ2v) is 6.88.